The van der Waals surface area contributed by atoms with Crippen molar-refractivity contribution in [3.8, 4) is 5.75 Å². The molecule has 4 heteroatoms. The molecule has 0 atom stereocenters. The number of aromatic hydroxyl groups is 1. The zero-order valence-electron chi connectivity index (χ0n) is 8.75. The van der Waals surface area contributed by atoms with E-state index in [1.165, 1.54) is 6.07 Å². The molecular formula is C10H16ClNO2. The summed E-state index contributed by atoms with van der Waals surface area (Å²) in [5.74, 6) is 0.269. The van der Waals surface area contributed by atoms with Crippen LogP contribution in [0.15, 0.2) is 17.1 Å². The molecule has 0 aromatic carbocycles. The summed E-state index contributed by atoms with van der Waals surface area (Å²) in [5.41, 5.74) is 0.210. The molecule has 80 valence electrons. The Kier molecular flexibility index (Phi) is 6.04. The van der Waals surface area contributed by atoms with Gasteiger partial charge in [0.2, 0.25) is 5.43 Å². The molecule has 0 amide bonds. The summed E-state index contributed by atoms with van der Waals surface area (Å²) in [6, 6.07) is 1.33. The normalized spacial score (nSPS) is 9.14. The monoisotopic (exact) mass is 217 g/mol. The van der Waals surface area contributed by atoms with E-state index in [-0.39, 0.29) is 11.2 Å². The minimum atomic E-state index is -0.349. The molecule has 1 aromatic rings. The molecule has 1 aromatic heterocycles. The summed E-state index contributed by atoms with van der Waals surface area (Å²) in [7, 11) is 0. The van der Waals surface area contributed by atoms with Crippen LogP contribution in [0, 0.1) is 6.92 Å². The second kappa shape index (κ2) is 6.49. The molecule has 0 saturated carbocycles. The smallest absolute Gasteiger partial charge is 0.223 e. The van der Waals surface area contributed by atoms with Crippen LogP contribution in [0.2, 0.25) is 0 Å². The quantitative estimate of drug-likeness (QED) is 0.772. The van der Waals surface area contributed by atoms with E-state index in [4.69, 9.17) is 11.6 Å². The zero-order chi connectivity index (χ0) is 11.1. The Hall–Kier alpha value is -0.960. The van der Waals surface area contributed by atoms with Gasteiger partial charge in [0.15, 0.2) is 5.75 Å². The maximum absolute atomic E-state index is 10.9. The Labute approximate surface area is 89.0 Å². The number of hydrogen-bond donors (Lipinski definition) is 1. The molecule has 1 rings (SSSR count). The van der Waals surface area contributed by atoms with Crippen molar-refractivity contribution in [1.29, 1.82) is 0 Å². The summed E-state index contributed by atoms with van der Waals surface area (Å²) >= 11 is 5.52. The summed E-state index contributed by atoms with van der Waals surface area (Å²) in [4.78, 5) is 10.9. The zero-order valence-corrected chi connectivity index (χ0v) is 9.51. The van der Waals surface area contributed by atoms with Crippen LogP contribution in [0.4, 0.5) is 0 Å². The van der Waals surface area contributed by atoms with E-state index in [9.17, 15) is 9.90 Å². The Morgan fingerprint density at radius 2 is 2.07 bits per heavy atom. The molecule has 3 nitrogen and oxygen atoms in total. The van der Waals surface area contributed by atoms with E-state index in [1.807, 2.05) is 13.8 Å². The SMILES string of the molecule is CC.Cc1c(O)c(=O)ccn1CCCl. The predicted molar refractivity (Wildman–Crippen MR) is 59.2 cm³/mol. The van der Waals surface area contributed by atoms with Gasteiger partial charge in [-0.3, -0.25) is 4.79 Å². The standard InChI is InChI=1S/C8H10ClNO2.C2H6/c1-6-8(12)7(11)2-4-10(6)5-3-9;1-2/h2,4,12H,3,5H2,1H3;1-2H3. The van der Waals surface area contributed by atoms with Crippen LogP contribution in [0.5, 0.6) is 5.75 Å². The number of pyridine rings is 1. The number of rotatable bonds is 2. The van der Waals surface area contributed by atoms with E-state index < -0.39 is 0 Å². The number of hydrogen-bond acceptors (Lipinski definition) is 2. The third-order valence-electron chi connectivity index (χ3n) is 1.74. The highest BCUT2D eigenvalue weighted by Crippen LogP contribution is 2.08. The van der Waals surface area contributed by atoms with Crippen molar-refractivity contribution >= 4 is 11.6 Å². The fraction of sp³-hybridized carbons (Fsp3) is 0.500. The molecule has 0 radical (unpaired) electrons. The highest BCUT2D eigenvalue weighted by molar-refractivity contribution is 6.17. The van der Waals surface area contributed by atoms with Crippen molar-refractivity contribution in [3.63, 3.8) is 0 Å². The van der Waals surface area contributed by atoms with Crippen LogP contribution in [-0.2, 0) is 6.54 Å². The van der Waals surface area contributed by atoms with Crippen molar-refractivity contribution in [3.05, 3.63) is 28.2 Å². The second-order valence-electron chi connectivity index (χ2n) is 2.50. The van der Waals surface area contributed by atoms with Crippen LogP contribution in [0.1, 0.15) is 19.5 Å². The molecule has 0 saturated heterocycles. The van der Waals surface area contributed by atoms with Gasteiger partial charge in [-0.25, -0.2) is 0 Å². The van der Waals surface area contributed by atoms with Gasteiger partial charge in [-0.1, -0.05) is 13.8 Å². The first-order valence-corrected chi connectivity index (χ1v) is 5.15. The molecule has 1 N–H and O–H groups in total. The Balaban J connectivity index is 0.000000791. The fourth-order valence-corrected chi connectivity index (χ4v) is 1.18. The molecule has 0 aliphatic rings. The van der Waals surface area contributed by atoms with Gasteiger partial charge in [0.25, 0.3) is 0 Å². The molecule has 0 aliphatic carbocycles. The van der Waals surface area contributed by atoms with Gasteiger partial charge in [0, 0.05) is 24.7 Å². The molecule has 0 unspecified atom stereocenters. The molecule has 0 spiro atoms. The summed E-state index contributed by atoms with van der Waals surface area (Å²) in [6.07, 6.45) is 1.62. The van der Waals surface area contributed by atoms with E-state index in [2.05, 4.69) is 0 Å². The van der Waals surface area contributed by atoms with Crippen LogP contribution in [-0.4, -0.2) is 15.6 Å². The minimum absolute atomic E-state index is 0.192. The van der Waals surface area contributed by atoms with Crippen molar-refractivity contribution in [2.75, 3.05) is 5.88 Å². The number of aryl methyl sites for hydroxylation is 1. The largest absolute Gasteiger partial charge is 0.503 e. The van der Waals surface area contributed by atoms with Crippen molar-refractivity contribution < 1.29 is 5.11 Å². The van der Waals surface area contributed by atoms with Gasteiger partial charge in [-0.2, -0.15) is 0 Å². The lowest BCUT2D eigenvalue weighted by molar-refractivity contribution is 0.454. The summed E-state index contributed by atoms with van der Waals surface area (Å²) in [6.45, 7) is 6.28. The Morgan fingerprint density at radius 3 is 2.57 bits per heavy atom. The first-order chi connectivity index (χ1) is 6.66. The topological polar surface area (TPSA) is 42.2 Å². The summed E-state index contributed by atoms with van der Waals surface area (Å²) in [5, 5.41) is 9.24. The maximum Gasteiger partial charge on any atom is 0.223 e. The van der Waals surface area contributed by atoms with Crippen molar-refractivity contribution in [1.82, 2.24) is 4.57 Å². The van der Waals surface area contributed by atoms with Crippen molar-refractivity contribution in [2.45, 2.75) is 27.3 Å². The van der Waals surface area contributed by atoms with Crippen LogP contribution < -0.4 is 5.43 Å². The lowest BCUT2D eigenvalue weighted by Gasteiger charge is -2.08. The average Bonchev–Trinajstić information content (AvgIpc) is 2.22. The van der Waals surface area contributed by atoms with Gasteiger partial charge in [0.05, 0.1) is 5.69 Å². The summed E-state index contributed by atoms with van der Waals surface area (Å²) < 4.78 is 1.74. The van der Waals surface area contributed by atoms with Crippen LogP contribution in [0.3, 0.4) is 0 Å². The Bertz CT molecular complexity index is 333. The number of alkyl halides is 1. The first-order valence-electron chi connectivity index (χ1n) is 4.62. The fourth-order valence-electron chi connectivity index (χ4n) is 0.996. The van der Waals surface area contributed by atoms with Gasteiger partial charge in [0.1, 0.15) is 0 Å². The van der Waals surface area contributed by atoms with Gasteiger partial charge in [-0.15, -0.1) is 11.6 Å². The Morgan fingerprint density at radius 1 is 1.50 bits per heavy atom. The number of aromatic nitrogens is 1. The van der Waals surface area contributed by atoms with E-state index in [1.54, 1.807) is 17.7 Å². The lowest BCUT2D eigenvalue weighted by Crippen LogP contribution is -2.10. The molecule has 0 fully saturated rings. The highest BCUT2D eigenvalue weighted by Gasteiger charge is 2.03. The minimum Gasteiger partial charge on any atom is -0.503 e. The van der Waals surface area contributed by atoms with Crippen LogP contribution in [0.25, 0.3) is 0 Å². The predicted octanol–water partition coefficient (Wildman–Crippen LogP) is 2.13. The van der Waals surface area contributed by atoms with Crippen molar-refractivity contribution in [2.24, 2.45) is 0 Å². The maximum atomic E-state index is 10.9. The average molecular weight is 218 g/mol. The van der Waals surface area contributed by atoms with Gasteiger partial charge < -0.3 is 9.67 Å². The highest BCUT2D eigenvalue weighted by atomic mass is 35.5. The molecule has 0 aliphatic heterocycles. The molecule has 1 heterocycles. The molecule has 0 bridgehead atoms. The van der Waals surface area contributed by atoms with Crippen LogP contribution >= 0.6 is 11.6 Å². The van der Waals surface area contributed by atoms with E-state index in [0.29, 0.717) is 18.1 Å². The molecular weight excluding hydrogens is 202 g/mol. The first kappa shape index (κ1) is 13.0. The molecule has 14 heavy (non-hydrogen) atoms. The van der Waals surface area contributed by atoms with Gasteiger partial charge >= 0.3 is 0 Å². The third kappa shape index (κ3) is 3.07. The lowest BCUT2D eigenvalue weighted by atomic mass is 10.3. The van der Waals surface area contributed by atoms with E-state index in [0.717, 1.165) is 0 Å². The number of nitrogens with zero attached hydrogens (tertiary/aromatic N) is 1. The van der Waals surface area contributed by atoms with E-state index >= 15 is 0 Å². The second-order valence-corrected chi connectivity index (χ2v) is 2.87. The third-order valence-corrected chi connectivity index (χ3v) is 1.91. The van der Waals surface area contributed by atoms with Gasteiger partial charge in [-0.05, 0) is 6.92 Å². The number of halogens is 1.